The zero-order valence-electron chi connectivity index (χ0n) is 22.6. The van der Waals surface area contributed by atoms with Gasteiger partial charge in [-0.1, -0.05) is 48.9 Å². The summed E-state index contributed by atoms with van der Waals surface area (Å²) in [6.45, 7) is 6.56. The van der Waals surface area contributed by atoms with Crippen LogP contribution in [-0.4, -0.2) is 5.78 Å². The van der Waals surface area contributed by atoms with Crippen molar-refractivity contribution in [2.24, 2.45) is 5.73 Å². The largest absolute Gasteiger partial charge is 0.488 e. The van der Waals surface area contributed by atoms with Crippen molar-refractivity contribution in [1.29, 1.82) is 5.26 Å². The number of carbonyl (C=O) groups excluding carboxylic acids is 1. The summed E-state index contributed by atoms with van der Waals surface area (Å²) < 4.78 is 7.05. The van der Waals surface area contributed by atoms with E-state index in [1.165, 1.54) is 5.56 Å². The summed E-state index contributed by atoms with van der Waals surface area (Å²) in [7, 11) is 0. The number of ether oxygens (including phenoxy) is 1. The van der Waals surface area contributed by atoms with Gasteiger partial charge in [-0.2, -0.15) is 5.26 Å². The molecule has 1 unspecified atom stereocenters. The number of nitriles is 1. The fourth-order valence-corrected chi connectivity index (χ4v) is 6.10. The first-order valence-electron chi connectivity index (χ1n) is 13.4. The van der Waals surface area contributed by atoms with Crippen LogP contribution >= 0.6 is 15.9 Å². The molecule has 198 valence electrons. The van der Waals surface area contributed by atoms with Gasteiger partial charge in [0.2, 0.25) is 0 Å². The van der Waals surface area contributed by atoms with Crippen molar-refractivity contribution in [3.8, 4) is 11.8 Å². The molecule has 0 amide bonds. The highest BCUT2D eigenvalue weighted by atomic mass is 79.9. The minimum Gasteiger partial charge on any atom is -0.488 e. The van der Waals surface area contributed by atoms with Gasteiger partial charge in [0.05, 0.1) is 22.0 Å². The van der Waals surface area contributed by atoms with E-state index in [2.05, 4.69) is 53.2 Å². The molecule has 1 heterocycles. The Morgan fingerprint density at radius 2 is 1.85 bits per heavy atom. The standard InChI is InChI=1S/C33H32BrN3O2/c1-4-22-12-14-24(15-13-22)37-28-9-7-10-29(38)32(28)31(26(18-35)33(37)36)25-17-20(2)16-23(21(25)3)19-39-30-11-6-5-8-27(30)34/h5-6,8,11-17,31H,4,7,9-10,19,36H2,1-3H3. The maximum absolute atomic E-state index is 13.6. The molecule has 0 fully saturated rings. The fourth-order valence-electron chi connectivity index (χ4n) is 5.70. The zero-order chi connectivity index (χ0) is 27.7. The third-order valence-electron chi connectivity index (χ3n) is 7.75. The Balaban J connectivity index is 1.63. The van der Waals surface area contributed by atoms with Gasteiger partial charge in [0, 0.05) is 23.4 Å². The summed E-state index contributed by atoms with van der Waals surface area (Å²) in [5, 5.41) is 10.5. The molecule has 39 heavy (non-hydrogen) atoms. The van der Waals surface area contributed by atoms with E-state index in [-0.39, 0.29) is 5.78 Å². The van der Waals surface area contributed by atoms with E-state index in [1.807, 2.05) is 55.1 Å². The molecule has 1 aliphatic heterocycles. The normalized spacial score (nSPS) is 17.3. The molecule has 0 saturated heterocycles. The lowest BCUT2D eigenvalue weighted by atomic mass is 9.73. The number of Topliss-reactive ketones (excluding diaryl/α,β-unsaturated/α-hetero) is 1. The number of anilines is 1. The molecule has 3 aromatic carbocycles. The first kappa shape index (κ1) is 26.8. The Kier molecular flexibility index (Phi) is 7.63. The molecule has 1 atom stereocenters. The van der Waals surface area contributed by atoms with Crippen molar-refractivity contribution in [2.45, 2.75) is 59.0 Å². The molecule has 0 aromatic heterocycles. The number of ketones is 1. The second-order valence-electron chi connectivity index (χ2n) is 10.2. The highest BCUT2D eigenvalue weighted by Gasteiger charge is 2.41. The Hall–Kier alpha value is -3.82. The number of para-hydroxylation sites is 1. The second-order valence-corrected chi connectivity index (χ2v) is 11.0. The summed E-state index contributed by atoms with van der Waals surface area (Å²) in [5.74, 6) is 0.735. The van der Waals surface area contributed by atoms with Crippen LogP contribution in [0.2, 0.25) is 0 Å². The van der Waals surface area contributed by atoms with Crippen LogP contribution in [0.15, 0.2) is 87.8 Å². The second kappa shape index (κ2) is 11.1. The van der Waals surface area contributed by atoms with Gasteiger partial charge < -0.3 is 10.5 Å². The van der Waals surface area contributed by atoms with Gasteiger partial charge in [0.25, 0.3) is 0 Å². The molecule has 5 rings (SSSR count). The minimum atomic E-state index is -0.508. The number of allylic oxidation sites excluding steroid dienone is 3. The van der Waals surface area contributed by atoms with Gasteiger partial charge in [-0.05, 0) is 95.6 Å². The predicted molar refractivity (Wildman–Crippen MR) is 158 cm³/mol. The Bertz CT molecular complexity index is 1550. The molecule has 0 bridgehead atoms. The van der Waals surface area contributed by atoms with Gasteiger partial charge >= 0.3 is 0 Å². The number of carbonyl (C=O) groups is 1. The van der Waals surface area contributed by atoms with Crippen LogP contribution in [0.3, 0.4) is 0 Å². The Morgan fingerprint density at radius 1 is 1.10 bits per heavy atom. The van der Waals surface area contributed by atoms with Gasteiger partial charge in [-0.25, -0.2) is 0 Å². The van der Waals surface area contributed by atoms with E-state index in [9.17, 15) is 10.1 Å². The molecule has 3 aromatic rings. The maximum Gasteiger partial charge on any atom is 0.161 e. The summed E-state index contributed by atoms with van der Waals surface area (Å²) >= 11 is 3.55. The molecule has 2 aliphatic rings. The number of nitrogens with zero attached hydrogens (tertiary/aromatic N) is 2. The molecule has 0 radical (unpaired) electrons. The molecule has 1 aliphatic carbocycles. The average molecular weight is 583 g/mol. The molecule has 0 spiro atoms. The summed E-state index contributed by atoms with van der Waals surface area (Å²) in [6.07, 6.45) is 2.90. The number of benzene rings is 3. The van der Waals surface area contributed by atoms with Crippen molar-refractivity contribution < 1.29 is 9.53 Å². The maximum atomic E-state index is 13.6. The van der Waals surface area contributed by atoms with Crippen LogP contribution in [0, 0.1) is 25.2 Å². The molecule has 6 heteroatoms. The lowest BCUT2D eigenvalue weighted by Crippen LogP contribution is -2.39. The van der Waals surface area contributed by atoms with E-state index in [0.29, 0.717) is 30.0 Å². The van der Waals surface area contributed by atoms with Crippen molar-refractivity contribution in [2.75, 3.05) is 4.90 Å². The zero-order valence-corrected chi connectivity index (χ0v) is 24.1. The Morgan fingerprint density at radius 3 is 2.54 bits per heavy atom. The van der Waals surface area contributed by atoms with E-state index in [4.69, 9.17) is 10.5 Å². The monoisotopic (exact) mass is 581 g/mol. The minimum absolute atomic E-state index is 0.0867. The summed E-state index contributed by atoms with van der Waals surface area (Å²) in [4.78, 5) is 15.5. The predicted octanol–water partition coefficient (Wildman–Crippen LogP) is 7.51. The molecule has 2 N–H and O–H groups in total. The molecular formula is C33H32BrN3O2. The number of rotatable bonds is 6. The van der Waals surface area contributed by atoms with Crippen LogP contribution in [-0.2, 0) is 17.8 Å². The summed E-state index contributed by atoms with van der Waals surface area (Å²) in [6, 6.07) is 22.6. The number of nitrogens with two attached hydrogens (primary N) is 1. The quantitative estimate of drug-likeness (QED) is 0.325. The third kappa shape index (κ3) is 4.99. The van der Waals surface area contributed by atoms with Crippen molar-refractivity contribution >= 4 is 27.4 Å². The van der Waals surface area contributed by atoms with Crippen molar-refractivity contribution in [3.05, 3.63) is 116 Å². The van der Waals surface area contributed by atoms with Crippen molar-refractivity contribution in [3.63, 3.8) is 0 Å². The van der Waals surface area contributed by atoms with Gasteiger partial charge in [-0.15, -0.1) is 0 Å². The third-order valence-corrected chi connectivity index (χ3v) is 8.40. The van der Waals surface area contributed by atoms with Gasteiger partial charge in [-0.3, -0.25) is 9.69 Å². The number of halogens is 1. The highest BCUT2D eigenvalue weighted by molar-refractivity contribution is 9.10. The first-order chi connectivity index (χ1) is 18.8. The molecule has 5 nitrogen and oxygen atoms in total. The van der Waals surface area contributed by atoms with Crippen LogP contribution in [0.25, 0.3) is 0 Å². The van der Waals surface area contributed by atoms with E-state index in [0.717, 1.165) is 63.1 Å². The van der Waals surface area contributed by atoms with Crippen LogP contribution in [0.1, 0.15) is 59.9 Å². The van der Waals surface area contributed by atoms with Crippen molar-refractivity contribution in [1.82, 2.24) is 0 Å². The Labute approximate surface area is 238 Å². The topological polar surface area (TPSA) is 79.3 Å². The smallest absolute Gasteiger partial charge is 0.161 e. The van der Waals surface area contributed by atoms with E-state index >= 15 is 0 Å². The average Bonchev–Trinajstić information content (AvgIpc) is 2.94. The first-order valence-corrected chi connectivity index (χ1v) is 14.2. The van der Waals surface area contributed by atoms with Crippen LogP contribution in [0.5, 0.6) is 5.75 Å². The van der Waals surface area contributed by atoms with Gasteiger partial charge in [0.15, 0.2) is 5.78 Å². The molecular weight excluding hydrogens is 550 g/mol. The lowest BCUT2D eigenvalue weighted by molar-refractivity contribution is -0.116. The number of hydrogen-bond donors (Lipinski definition) is 1. The summed E-state index contributed by atoms with van der Waals surface area (Å²) in [5.41, 5.74) is 14.9. The SMILES string of the molecule is CCc1ccc(N2C(N)=C(C#N)C(c3cc(C)cc(COc4ccccc4Br)c3C)C3=C2CCCC3=O)cc1. The van der Waals surface area contributed by atoms with Crippen LogP contribution in [0.4, 0.5) is 5.69 Å². The number of hydrogen-bond acceptors (Lipinski definition) is 5. The van der Waals surface area contributed by atoms with Gasteiger partial charge in [0.1, 0.15) is 18.2 Å². The highest BCUT2D eigenvalue weighted by Crippen LogP contribution is 2.47. The number of aryl methyl sites for hydroxylation is 2. The van der Waals surface area contributed by atoms with E-state index < -0.39 is 5.92 Å². The van der Waals surface area contributed by atoms with E-state index in [1.54, 1.807) is 0 Å². The lowest BCUT2D eigenvalue weighted by Gasteiger charge is -2.40. The fraction of sp³-hybridized carbons (Fsp3) is 0.273. The molecule has 0 saturated carbocycles. The van der Waals surface area contributed by atoms with Crippen LogP contribution < -0.4 is 15.4 Å².